The Morgan fingerprint density at radius 3 is 2.69 bits per heavy atom. The van der Waals surface area contributed by atoms with Gasteiger partial charge in [0.05, 0.1) is 18.3 Å². The molecule has 0 fully saturated rings. The first-order valence-electron chi connectivity index (χ1n) is 4.35. The van der Waals surface area contributed by atoms with Crippen molar-refractivity contribution in [2.45, 2.75) is 19.9 Å². The molecule has 0 aromatic carbocycles. The Labute approximate surface area is 78.6 Å². The molecule has 0 spiro atoms. The molecule has 3 heteroatoms. The Morgan fingerprint density at radius 2 is 2.23 bits per heavy atom. The van der Waals surface area contributed by atoms with E-state index in [1.54, 1.807) is 6.20 Å². The van der Waals surface area contributed by atoms with Gasteiger partial charge in [0.25, 0.3) is 0 Å². The second kappa shape index (κ2) is 3.85. The van der Waals surface area contributed by atoms with Gasteiger partial charge >= 0.3 is 0 Å². The van der Waals surface area contributed by atoms with Crippen molar-refractivity contribution in [2.75, 3.05) is 6.61 Å². The highest BCUT2D eigenvalue weighted by Gasteiger charge is 2.27. The number of aromatic nitrogens is 1. The van der Waals surface area contributed by atoms with Gasteiger partial charge in [0.15, 0.2) is 0 Å². The number of rotatable bonds is 3. The Balaban J connectivity index is 2.85. The molecule has 1 aromatic heterocycles. The van der Waals surface area contributed by atoms with Crippen LogP contribution in [0.15, 0.2) is 24.4 Å². The monoisotopic (exact) mass is 180 g/mol. The van der Waals surface area contributed by atoms with Crippen LogP contribution in [0, 0.1) is 5.41 Å². The summed E-state index contributed by atoms with van der Waals surface area (Å²) in [5, 5.41) is 9.12. The Kier molecular flexibility index (Phi) is 3.01. The third-order valence-electron chi connectivity index (χ3n) is 2.26. The third-order valence-corrected chi connectivity index (χ3v) is 2.26. The van der Waals surface area contributed by atoms with Gasteiger partial charge in [-0.15, -0.1) is 0 Å². The maximum absolute atomic E-state index is 9.12. The largest absolute Gasteiger partial charge is 0.396 e. The molecule has 0 amide bonds. The summed E-state index contributed by atoms with van der Waals surface area (Å²) in [4.78, 5) is 4.16. The van der Waals surface area contributed by atoms with E-state index in [1.807, 2.05) is 32.0 Å². The Bertz CT molecular complexity index is 259. The van der Waals surface area contributed by atoms with Crippen LogP contribution in [-0.4, -0.2) is 16.7 Å². The van der Waals surface area contributed by atoms with Crippen LogP contribution in [0.25, 0.3) is 0 Å². The number of hydrogen-bond acceptors (Lipinski definition) is 3. The van der Waals surface area contributed by atoms with Crippen molar-refractivity contribution in [1.29, 1.82) is 0 Å². The topological polar surface area (TPSA) is 59.1 Å². The van der Waals surface area contributed by atoms with Crippen molar-refractivity contribution in [3.8, 4) is 0 Å². The number of pyridine rings is 1. The highest BCUT2D eigenvalue weighted by Crippen LogP contribution is 2.28. The molecule has 13 heavy (non-hydrogen) atoms. The van der Waals surface area contributed by atoms with E-state index in [-0.39, 0.29) is 18.1 Å². The van der Waals surface area contributed by atoms with E-state index in [2.05, 4.69) is 4.98 Å². The molecule has 72 valence electrons. The van der Waals surface area contributed by atoms with Gasteiger partial charge in [-0.25, -0.2) is 0 Å². The third kappa shape index (κ3) is 2.26. The van der Waals surface area contributed by atoms with Crippen LogP contribution in [0.3, 0.4) is 0 Å². The average Bonchev–Trinajstić information content (AvgIpc) is 2.18. The quantitative estimate of drug-likeness (QED) is 0.732. The predicted octanol–water partition coefficient (Wildman–Crippen LogP) is 1.10. The van der Waals surface area contributed by atoms with Gasteiger partial charge in [-0.1, -0.05) is 19.9 Å². The maximum atomic E-state index is 9.12. The fourth-order valence-corrected chi connectivity index (χ4v) is 1.06. The zero-order chi connectivity index (χ0) is 9.90. The summed E-state index contributed by atoms with van der Waals surface area (Å²) in [6.07, 6.45) is 1.71. The molecule has 0 aliphatic rings. The van der Waals surface area contributed by atoms with Crippen molar-refractivity contribution in [3.05, 3.63) is 30.1 Å². The van der Waals surface area contributed by atoms with Crippen molar-refractivity contribution in [3.63, 3.8) is 0 Å². The molecule has 3 nitrogen and oxygen atoms in total. The van der Waals surface area contributed by atoms with Crippen molar-refractivity contribution >= 4 is 0 Å². The van der Waals surface area contributed by atoms with Crippen LogP contribution in [0.2, 0.25) is 0 Å². The molecule has 0 saturated heterocycles. The smallest absolute Gasteiger partial charge is 0.0577 e. The summed E-state index contributed by atoms with van der Waals surface area (Å²) >= 11 is 0. The lowest BCUT2D eigenvalue weighted by atomic mass is 9.84. The number of nitrogens with two attached hydrogens (primary N) is 1. The van der Waals surface area contributed by atoms with E-state index in [9.17, 15) is 0 Å². The molecular weight excluding hydrogens is 164 g/mol. The second-order valence-electron chi connectivity index (χ2n) is 3.88. The summed E-state index contributed by atoms with van der Waals surface area (Å²) in [6.45, 7) is 3.91. The summed E-state index contributed by atoms with van der Waals surface area (Å²) in [5.74, 6) is 0. The van der Waals surface area contributed by atoms with Gasteiger partial charge in [0.2, 0.25) is 0 Å². The van der Waals surface area contributed by atoms with E-state index < -0.39 is 0 Å². The molecule has 0 bridgehead atoms. The molecule has 0 aliphatic carbocycles. The van der Waals surface area contributed by atoms with Crippen LogP contribution in [-0.2, 0) is 0 Å². The van der Waals surface area contributed by atoms with Crippen LogP contribution in [0.5, 0.6) is 0 Å². The van der Waals surface area contributed by atoms with Crippen molar-refractivity contribution < 1.29 is 5.11 Å². The van der Waals surface area contributed by atoms with Gasteiger partial charge in [-0.3, -0.25) is 4.98 Å². The maximum Gasteiger partial charge on any atom is 0.0577 e. The molecule has 1 heterocycles. The van der Waals surface area contributed by atoms with Gasteiger partial charge in [-0.05, 0) is 12.1 Å². The van der Waals surface area contributed by atoms with Crippen molar-refractivity contribution in [1.82, 2.24) is 4.98 Å². The molecule has 1 atom stereocenters. The normalized spacial score (nSPS) is 14.2. The zero-order valence-electron chi connectivity index (χ0n) is 8.07. The van der Waals surface area contributed by atoms with E-state index in [1.165, 1.54) is 0 Å². The highest BCUT2D eigenvalue weighted by atomic mass is 16.3. The van der Waals surface area contributed by atoms with E-state index in [4.69, 9.17) is 10.8 Å². The number of aliphatic hydroxyl groups is 1. The second-order valence-corrected chi connectivity index (χ2v) is 3.88. The lowest BCUT2D eigenvalue weighted by Crippen LogP contribution is -2.32. The van der Waals surface area contributed by atoms with Gasteiger partial charge in [-0.2, -0.15) is 0 Å². The molecular formula is C10H16N2O. The van der Waals surface area contributed by atoms with Crippen LogP contribution >= 0.6 is 0 Å². The van der Waals surface area contributed by atoms with Crippen molar-refractivity contribution in [2.24, 2.45) is 11.1 Å². The minimum Gasteiger partial charge on any atom is -0.396 e. The first kappa shape index (κ1) is 10.2. The van der Waals surface area contributed by atoms with Crippen LogP contribution < -0.4 is 5.73 Å². The summed E-state index contributed by atoms with van der Waals surface area (Å²) in [7, 11) is 0. The first-order chi connectivity index (χ1) is 6.08. The molecule has 1 rings (SSSR count). The van der Waals surface area contributed by atoms with Gasteiger partial charge < -0.3 is 10.8 Å². The van der Waals surface area contributed by atoms with Crippen LogP contribution in [0.4, 0.5) is 0 Å². The Hall–Kier alpha value is -0.930. The van der Waals surface area contributed by atoms with Gasteiger partial charge in [0, 0.05) is 11.6 Å². The molecule has 0 saturated carbocycles. The minimum atomic E-state index is -0.325. The van der Waals surface area contributed by atoms with E-state index >= 15 is 0 Å². The van der Waals surface area contributed by atoms with Crippen LogP contribution in [0.1, 0.15) is 25.6 Å². The minimum absolute atomic E-state index is 0.0603. The zero-order valence-corrected chi connectivity index (χ0v) is 8.07. The lowest BCUT2D eigenvalue weighted by molar-refractivity contribution is 0.130. The molecule has 0 unspecified atom stereocenters. The molecule has 3 N–H and O–H groups in total. The fourth-order valence-electron chi connectivity index (χ4n) is 1.06. The molecule has 0 radical (unpaired) electrons. The average molecular weight is 180 g/mol. The summed E-state index contributed by atoms with van der Waals surface area (Å²) in [6, 6.07) is 5.40. The lowest BCUT2D eigenvalue weighted by Gasteiger charge is -2.28. The SMILES string of the molecule is CC(C)(CO)[C@@H](N)c1ccccn1. The highest BCUT2D eigenvalue weighted by molar-refractivity contribution is 5.10. The molecule has 1 aromatic rings. The summed E-state index contributed by atoms with van der Waals surface area (Å²) in [5.41, 5.74) is 6.46. The number of hydrogen-bond donors (Lipinski definition) is 2. The number of nitrogens with zero attached hydrogens (tertiary/aromatic N) is 1. The predicted molar refractivity (Wildman–Crippen MR) is 52.0 cm³/mol. The van der Waals surface area contributed by atoms with E-state index in [0.29, 0.717) is 0 Å². The first-order valence-corrected chi connectivity index (χ1v) is 4.35. The standard InChI is InChI=1S/C10H16N2O/c1-10(2,7-13)9(11)8-5-3-4-6-12-8/h3-6,9,13H,7,11H2,1-2H3/t9-/m0/s1. The van der Waals surface area contributed by atoms with E-state index in [0.717, 1.165) is 5.69 Å². The summed E-state index contributed by atoms with van der Waals surface area (Å²) < 4.78 is 0. The Morgan fingerprint density at radius 1 is 1.54 bits per heavy atom. The van der Waals surface area contributed by atoms with Gasteiger partial charge in [0.1, 0.15) is 0 Å². The molecule has 0 aliphatic heterocycles. The number of aliphatic hydroxyl groups excluding tert-OH is 1. The fraction of sp³-hybridized carbons (Fsp3) is 0.500.